The van der Waals surface area contributed by atoms with E-state index in [-0.39, 0.29) is 17.7 Å². The van der Waals surface area contributed by atoms with Crippen LogP contribution in [-0.4, -0.2) is 50.8 Å². The Morgan fingerprint density at radius 3 is 2.65 bits per heavy atom. The van der Waals surface area contributed by atoms with Crippen LogP contribution >= 0.6 is 0 Å². The fourth-order valence-electron chi connectivity index (χ4n) is 3.52. The standard InChI is InChI=1S/C19H25N5O2/c1-11(2)15(19(26)24-7-3-4-8-24)23-18(25)13-9-20-17-16(13)22-14(10-21-17)12-5-6-12/h9-12,15H,3-8H2,1-2H3,(H,20,21)(H,23,25)/t15-/m1/s1. The number of nitrogens with one attached hydrogen (secondary N) is 2. The lowest BCUT2D eigenvalue weighted by Crippen LogP contribution is -2.50. The van der Waals surface area contributed by atoms with Crippen LogP contribution in [0.2, 0.25) is 0 Å². The molecule has 4 rings (SSSR count). The maximum Gasteiger partial charge on any atom is 0.255 e. The van der Waals surface area contributed by atoms with Gasteiger partial charge >= 0.3 is 0 Å². The predicted molar refractivity (Wildman–Crippen MR) is 97.8 cm³/mol. The second kappa shape index (κ2) is 6.70. The van der Waals surface area contributed by atoms with E-state index in [9.17, 15) is 9.59 Å². The SMILES string of the molecule is CC(C)[C@@H](NC(=O)c1c[nH]c2ncc(C3CC3)nc12)C(=O)N1CCCC1. The Balaban J connectivity index is 1.56. The number of likely N-dealkylation sites (tertiary alicyclic amines) is 1. The van der Waals surface area contributed by atoms with E-state index in [1.165, 1.54) is 0 Å². The number of hydrogen-bond acceptors (Lipinski definition) is 4. The largest absolute Gasteiger partial charge is 0.344 e. The predicted octanol–water partition coefficient (Wildman–Crippen LogP) is 2.21. The van der Waals surface area contributed by atoms with Crippen LogP contribution in [0.5, 0.6) is 0 Å². The number of aromatic amines is 1. The molecule has 1 saturated heterocycles. The molecule has 2 fully saturated rings. The Morgan fingerprint density at radius 1 is 1.27 bits per heavy atom. The van der Waals surface area contributed by atoms with E-state index in [0.717, 1.165) is 44.5 Å². The van der Waals surface area contributed by atoms with Gasteiger partial charge in [0, 0.05) is 25.2 Å². The smallest absolute Gasteiger partial charge is 0.255 e. The van der Waals surface area contributed by atoms with Gasteiger partial charge < -0.3 is 15.2 Å². The maximum atomic E-state index is 12.9. The van der Waals surface area contributed by atoms with Gasteiger partial charge in [-0.25, -0.2) is 9.97 Å². The van der Waals surface area contributed by atoms with Gasteiger partial charge in [0.1, 0.15) is 11.6 Å². The number of nitrogens with zero attached hydrogens (tertiary/aromatic N) is 3. The number of rotatable bonds is 5. The molecule has 1 saturated carbocycles. The van der Waals surface area contributed by atoms with Gasteiger partial charge in [0.2, 0.25) is 5.91 Å². The zero-order valence-corrected chi connectivity index (χ0v) is 15.3. The number of carbonyl (C=O) groups excluding carboxylic acids is 2. The van der Waals surface area contributed by atoms with Gasteiger partial charge in [-0.3, -0.25) is 9.59 Å². The maximum absolute atomic E-state index is 12.9. The minimum absolute atomic E-state index is 0.00967. The normalized spacial score (nSPS) is 18.5. The molecule has 2 aromatic heterocycles. The molecule has 3 heterocycles. The van der Waals surface area contributed by atoms with Gasteiger partial charge in [-0.05, 0) is 31.6 Å². The lowest BCUT2D eigenvalue weighted by Gasteiger charge is -2.26. The van der Waals surface area contributed by atoms with Crippen LogP contribution in [-0.2, 0) is 4.79 Å². The summed E-state index contributed by atoms with van der Waals surface area (Å²) in [6.45, 7) is 5.47. The van der Waals surface area contributed by atoms with Crippen molar-refractivity contribution in [1.82, 2.24) is 25.2 Å². The third kappa shape index (κ3) is 3.18. The monoisotopic (exact) mass is 355 g/mol. The molecule has 1 aliphatic heterocycles. The van der Waals surface area contributed by atoms with Gasteiger partial charge in [0.25, 0.3) is 5.91 Å². The molecule has 2 aliphatic rings. The summed E-state index contributed by atoms with van der Waals surface area (Å²) in [5.74, 6) is 0.225. The molecule has 0 radical (unpaired) electrons. The van der Waals surface area contributed by atoms with E-state index < -0.39 is 6.04 Å². The Morgan fingerprint density at radius 2 is 2.00 bits per heavy atom. The van der Waals surface area contributed by atoms with Crippen LogP contribution in [0, 0.1) is 5.92 Å². The summed E-state index contributed by atoms with van der Waals surface area (Å²) in [6, 6.07) is -0.523. The van der Waals surface area contributed by atoms with Crippen molar-refractivity contribution >= 4 is 23.0 Å². The first-order valence-corrected chi connectivity index (χ1v) is 9.48. The molecular weight excluding hydrogens is 330 g/mol. The van der Waals surface area contributed by atoms with E-state index in [2.05, 4.69) is 20.3 Å². The van der Waals surface area contributed by atoms with E-state index in [0.29, 0.717) is 22.6 Å². The van der Waals surface area contributed by atoms with Crippen molar-refractivity contribution in [2.45, 2.75) is 51.5 Å². The van der Waals surface area contributed by atoms with Gasteiger partial charge in [0.15, 0.2) is 5.65 Å². The third-order valence-corrected chi connectivity index (χ3v) is 5.28. The number of aromatic nitrogens is 3. The summed E-state index contributed by atoms with van der Waals surface area (Å²) in [5.41, 5.74) is 2.59. The first-order chi connectivity index (χ1) is 12.5. The summed E-state index contributed by atoms with van der Waals surface area (Å²) < 4.78 is 0. The molecule has 0 aromatic carbocycles. The van der Waals surface area contributed by atoms with Gasteiger partial charge in [0.05, 0.1) is 17.5 Å². The minimum Gasteiger partial charge on any atom is -0.344 e. The van der Waals surface area contributed by atoms with E-state index in [1.54, 1.807) is 12.4 Å². The van der Waals surface area contributed by atoms with E-state index in [1.807, 2.05) is 18.7 Å². The highest BCUT2D eigenvalue weighted by molar-refractivity contribution is 6.06. The number of amides is 2. The van der Waals surface area contributed by atoms with Gasteiger partial charge in [-0.1, -0.05) is 13.8 Å². The molecule has 1 atom stereocenters. The summed E-state index contributed by atoms with van der Waals surface area (Å²) in [6.07, 6.45) is 7.75. The number of fused-ring (bicyclic) bond motifs is 1. The van der Waals surface area contributed by atoms with Crippen molar-refractivity contribution < 1.29 is 9.59 Å². The molecule has 2 N–H and O–H groups in total. The first kappa shape index (κ1) is 17.0. The van der Waals surface area contributed by atoms with Gasteiger partial charge in [-0.15, -0.1) is 0 Å². The quantitative estimate of drug-likeness (QED) is 0.860. The first-order valence-electron chi connectivity index (χ1n) is 9.48. The molecule has 0 unspecified atom stereocenters. The highest BCUT2D eigenvalue weighted by atomic mass is 16.2. The van der Waals surface area contributed by atoms with Crippen molar-refractivity contribution in [3.63, 3.8) is 0 Å². The van der Waals surface area contributed by atoms with Crippen LogP contribution in [0.15, 0.2) is 12.4 Å². The fourth-order valence-corrected chi connectivity index (χ4v) is 3.52. The Hall–Kier alpha value is -2.44. The molecule has 26 heavy (non-hydrogen) atoms. The second-order valence-corrected chi connectivity index (χ2v) is 7.70. The van der Waals surface area contributed by atoms with Crippen molar-refractivity contribution in [3.8, 4) is 0 Å². The fraction of sp³-hybridized carbons (Fsp3) is 0.579. The lowest BCUT2D eigenvalue weighted by molar-refractivity contribution is -0.133. The molecule has 1 aliphatic carbocycles. The van der Waals surface area contributed by atoms with Crippen LogP contribution in [0.25, 0.3) is 11.2 Å². The zero-order valence-electron chi connectivity index (χ0n) is 15.3. The Kier molecular flexibility index (Phi) is 4.38. The summed E-state index contributed by atoms with van der Waals surface area (Å²) >= 11 is 0. The molecule has 7 heteroatoms. The second-order valence-electron chi connectivity index (χ2n) is 7.70. The zero-order chi connectivity index (χ0) is 18.3. The molecule has 0 spiro atoms. The molecule has 2 amide bonds. The minimum atomic E-state index is -0.523. The third-order valence-electron chi connectivity index (χ3n) is 5.28. The van der Waals surface area contributed by atoms with Crippen molar-refractivity contribution in [2.24, 2.45) is 5.92 Å². The average molecular weight is 355 g/mol. The topological polar surface area (TPSA) is 91.0 Å². The van der Waals surface area contributed by atoms with E-state index in [4.69, 9.17) is 0 Å². The molecule has 0 bridgehead atoms. The lowest BCUT2D eigenvalue weighted by atomic mass is 10.0. The molecular formula is C19H25N5O2. The van der Waals surface area contributed by atoms with Crippen LogP contribution < -0.4 is 5.32 Å². The Bertz CT molecular complexity index is 834. The number of H-pyrrole nitrogens is 1. The summed E-state index contributed by atoms with van der Waals surface area (Å²) in [7, 11) is 0. The summed E-state index contributed by atoms with van der Waals surface area (Å²) in [4.78, 5) is 39.6. The van der Waals surface area contributed by atoms with Gasteiger partial charge in [-0.2, -0.15) is 0 Å². The van der Waals surface area contributed by atoms with Crippen LogP contribution in [0.3, 0.4) is 0 Å². The van der Waals surface area contributed by atoms with Crippen LogP contribution in [0.4, 0.5) is 0 Å². The van der Waals surface area contributed by atoms with Crippen molar-refractivity contribution in [3.05, 3.63) is 23.7 Å². The highest BCUT2D eigenvalue weighted by Crippen LogP contribution is 2.39. The van der Waals surface area contributed by atoms with Crippen molar-refractivity contribution in [2.75, 3.05) is 13.1 Å². The number of carbonyl (C=O) groups is 2. The van der Waals surface area contributed by atoms with E-state index >= 15 is 0 Å². The molecule has 2 aromatic rings. The van der Waals surface area contributed by atoms with Crippen LogP contribution in [0.1, 0.15) is 61.5 Å². The molecule has 138 valence electrons. The Labute approximate surface area is 152 Å². The number of hydrogen-bond donors (Lipinski definition) is 2. The molecule has 7 nitrogen and oxygen atoms in total. The summed E-state index contributed by atoms with van der Waals surface area (Å²) in [5, 5.41) is 2.93. The van der Waals surface area contributed by atoms with Crippen molar-refractivity contribution in [1.29, 1.82) is 0 Å². The highest BCUT2D eigenvalue weighted by Gasteiger charge is 2.31. The average Bonchev–Trinajstić information content (AvgIpc) is 3.17.